The minimum Gasteiger partial charge on any atom is -0.320 e. The fraction of sp³-hybridized carbons (Fsp3) is 0.310. The van der Waals surface area contributed by atoms with Crippen molar-refractivity contribution >= 4 is 17.9 Å². The van der Waals surface area contributed by atoms with Gasteiger partial charge in [-0.3, -0.25) is 4.79 Å². The summed E-state index contributed by atoms with van der Waals surface area (Å²) in [5.74, 6) is 2.41. The lowest BCUT2D eigenvalue weighted by atomic mass is 9.77. The summed E-state index contributed by atoms with van der Waals surface area (Å²) in [7, 11) is 0. The van der Waals surface area contributed by atoms with E-state index in [0.717, 1.165) is 59.5 Å². The molecular formula is C42H43ClN6O. The molecule has 0 saturated heterocycles. The zero-order chi connectivity index (χ0) is 34.3. The van der Waals surface area contributed by atoms with Crippen molar-refractivity contribution in [1.29, 1.82) is 0 Å². The minimum atomic E-state index is -0.799. The van der Waals surface area contributed by atoms with E-state index in [1.165, 1.54) is 31.2 Å². The summed E-state index contributed by atoms with van der Waals surface area (Å²) in [6.07, 6.45) is 9.23. The topological polar surface area (TPSA) is 78.5 Å². The van der Waals surface area contributed by atoms with E-state index in [0.29, 0.717) is 24.6 Å². The molecule has 1 atom stereocenters. The van der Waals surface area contributed by atoms with Gasteiger partial charge in [0.1, 0.15) is 11.5 Å². The van der Waals surface area contributed by atoms with Gasteiger partial charge in [0, 0.05) is 19.4 Å². The highest BCUT2D eigenvalue weighted by Crippen LogP contribution is 2.41. The Bertz CT molecular complexity index is 1890. The van der Waals surface area contributed by atoms with Crippen LogP contribution in [0.3, 0.4) is 0 Å². The molecule has 2 aromatic heterocycles. The van der Waals surface area contributed by atoms with Gasteiger partial charge < -0.3 is 4.57 Å². The summed E-state index contributed by atoms with van der Waals surface area (Å²) < 4.78 is 1.97. The van der Waals surface area contributed by atoms with Gasteiger partial charge in [0.15, 0.2) is 22.8 Å². The first-order valence-corrected chi connectivity index (χ1v) is 18.2. The van der Waals surface area contributed by atoms with Crippen molar-refractivity contribution in [2.45, 2.75) is 76.3 Å². The predicted octanol–water partition coefficient (Wildman–Crippen LogP) is 9.08. The number of hydrogen-bond donors (Lipinski definition) is 0. The molecule has 8 heteroatoms. The van der Waals surface area contributed by atoms with Crippen molar-refractivity contribution in [3.8, 4) is 0 Å². The molecular weight excluding hydrogens is 640 g/mol. The molecule has 1 aliphatic rings. The molecule has 0 aliphatic heterocycles. The van der Waals surface area contributed by atoms with E-state index in [2.05, 4.69) is 109 Å². The van der Waals surface area contributed by atoms with E-state index in [1.54, 1.807) is 0 Å². The summed E-state index contributed by atoms with van der Waals surface area (Å²) in [5, 5.41) is 15.1. The number of hydrogen-bond acceptors (Lipinski definition) is 5. The third kappa shape index (κ3) is 6.67. The molecule has 2 heterocycles. The van der Waals surface area contributed by atoms with Gasteiger partial charge in [0.2, 0.25) is 0 Å². The first-order valence-electron chi connectivity index (χ1n) is 17.9. The molecule has 4 aromatic carbocycles. The number of halogens is 1. The van der Waals surface area contributed by atoms with Gasteiger partial charge in [-0.05, 0) is 64.1 Å². The number of unbranched alkanes of at least 4 members (excludes halogenated alkanes) is 1. The second-order valence-electron chi connectivity index (χ2n) is 13.4. The molecule has 254 valence electrons. The number of carbonyl (C=O) groups excluding carboxylic acids is 1. The Kier molecular flexibility index (Phi) is 10.3. The first kappa shape index (κ1) is 33.6. The first-order chi connectivity index (χ1) is 24.6. The Balaban J connectivity index is 1.22. The van der Waals surface area contributed by atoms with Crippen molar-refractivity contribution < 1.29 is 4.79 Å². The Morgan fingerprint density at radius 3 is 1.96 bits per heavy atom. The smallest absolute Gasteiger partial charge is 0.175 e. The molecule has 0 N–H and O–H groups in total. The zero-order valence-electron chi connectivity index (χ0n) is 28.5. The van der Waals surface area contributed by atoms with Crippen LogP contribution in [0.1, 0.15) is 101 Å². The van der Waals surface area contributed by atoms with Crippen LogP contribution in [0.2, 0.25) is 5.15 Å². The van der Waals surface area contributed by atoms with Crippen molar-refractivity contribution in [2.75, 3.05) is 0 Å². The van der Waals surface area contributed by atoms with Crippen LogP contribution in [0.4, 0.5) is 0 Å². The van der Waals surface area contributed by atoms with Crippen LogP contribution in [0.5, 0.6) is 0 Å². The second kappa shape index (κ2) is 15.3. The fourth-order valence-electron chi connectivity index (χ4n) is 7.81. The maximum atomic E-state index is 11.9. The van der Waals surface area contributed by atoms with Crippen molar-refractivity contribution in [2.24, 2.45) is 5.92 Å². The molecule has 1 fully saturated rings. The lowest BCUT2D eigenvalue weighted by Crippen LogP contribution is -2.39. The maximum absolute atomic E-state index is 11.9. The van der Waals surface area contributed by atoms with E-state index in [4.69, 9.17) is 27.0 Å². The van der Waals surface area contributed by atoms with Crippen LogP contribution in [-0.4, -0.2) is 36.0 Å². The monoisotopic (exact) mass is 682 g/mol. The number of aromatic nitrogens is 6. The molecule has 1 aliphatic carbocycles. The SMILES string of the molecule is CCCCc1nc(Cl)c(C=O)n1Cc1ccc(C(Cc2nnn(C(c3ccccc3)(c3ccccc3)c3ccccc3)n2)C2CCCC2)cc1. The lowest BCUT2D eigenvalue weighted by Gasteiger charge is -2.34. The number of aldehydes is 1. The number of aryl methyl sites for hydroxylation is 1. The van der Waals surface area contributed by atoms with Crippen LogP contribution >= 0.6 is 11.6 Å². The van der Waals surface area contributed by atoms with Gasteiger partial charge in [-0.15, -0.1) is 15.0 Å². The largest absolute Gasteiger partial charge is 0.320 e. The fourth-order valence-corrected chi connectivity index (χ4v) is 8.06. The molecule has 0 bridgehead atoms. The van der Waals surface area contributed by atoms with Crippen LogP contribution in [0, 0.1) is 5.92 Å². The normalized spacial score (nSPS) is 14.2. The molecule has 0 spiro atoms. The molecule has 50 heavy (non-hydrogen) atoms. The van der Waals surface area contributed by atoms with Gasteiger partial charge >= 0.3 is 0 Å². The minimum absolute atomic E-state index is 0.261. The van der Waals surface area contributed by atoms with Gasteiger partial charge in [0.25, 0.3) is 0 Å². The van der Waals surface area contributed by atoms with E-state index in [9.17, 15) is 4.79 Å². The molecule has 7 nitrogen and oxygen atoms in total. The van der Waals surface area contributed by atoms with Crippen LogP contribution in [-0.2, 0) is 24.9 Å². The lowest BCUT2D eigenvalue weighted by molar-refractivity contribution is 0.111. The molecule has 0 radical (unpaired) electrons. The summed E-state index contributed by atoms with van der Waals surface area (Å²) >= 11 is 6.36. The summed E-state index contributed by atoms with van der Waals surface area (Å²) in [4.78, 5) is 18.3. The van der Waals surface area contributed by atoms with E-state index >= 15 is 0 Å². The number of benzene rings is 4. The van der Waals surface area contributed by atoms with E-state index < -0.39 is 5.54 Å². The average molecular weight is 683 g/mol. The number of tetrazole rings is 1. The standard InChI is InChI=1S/C42H43ClN6O/c1-2-3-23-40-44-41(43)38(30-50)48(40)29-31-24-26-33(27-25-31)37(32-15-13-14-16-32)28-39-45-47-49(46-39)42(34-17-7-4-8-18-34,35-19-9-5-10-20-35)36-21-11-6-12-22-36/h4-12,17-22,24-27,30,32,37H,2-3,13-16,23,28-29H2,1H3. The Morgan fingerprint density at radius 2 is 1.42 bits per heavy atom. The molecule has 0 amide bonds. The molecule has 7 rings (SSSR count). The van der Waals surface area contributed by atoms with Gasteiger partial charge in [0.05, 0.1) is 0 Å². The van der Waals surface area contributed by atoms with Gasteiger partial charge in [-0.1, -0.05) is 153 Å². The van der Waals surface area contributed by atoms with Crippen molar-refractivity contribution in [3.63, 3.8) is 0 Å². The third-order valence-corrected chi connectivity index (χ3v) is 10.6. The number of carbonyl (C=O) groups is 1. The summed E-state index contributed by atoms with van der Waals surface area (Å²) in [6, 6.07) is 40.3. The van der Waals surface area contributed by atoms with Gasteiger partial charge in [-0.25, -0.2) is 4.98 Å². The Hall–Kier alpha value is -4.88. The second-order valence-corrected chi connectivity index (χ2v) is 13.8. The highest BCUT2D eigenvalue weighted by molar-refractivity contribution is 6.31. The quantitative estimate of drug-likeness (QED) is 0.0846. The molecule has 1 unspecified atom stereocenters. The van der Waals surface area contributed by atoms with E-state index in [-0.39, 0.29) is 11.1 Å². The average Bonchev–Trinajstić information content (AvgIpc) is 3.93. The summed E-state index contributed by atoms with van der Waals surface area (Å²) in [5.41, 5.74) is 5.24. The predicted molar refractivity (Wildman–Crippen MR) is 198 cm³/mol. The highest BCUT2D eigenvalue weighted by atomic mass is 35.5. The zero-order valence-corrected chi connectivity index (χ0v) is 29.3. The van der Waals surface area contributed by atoms with Crippen LogP contribution < -0.4 is 0 Å². The number of imidazole rings is 1. The van der Waals surface area contributed by atoms with Crippen molar-refractivity contribution in [3.05, 3.63) is 166 Å². The van der Waals surface area contributed by atoms with Crippen LogP contribution in [0.25, 0.3) is 0 Å². The molecule has 1 saturated carbocycles. The summed E-state index contributed by atoms with van der Waals surface area (Å²) in [6.45, 7) is 2.70. The third-order valence-electron chi connectivity index (χ3n) is 10.4. The molecule has 6 aromatic rings. The van der Waals surface area contributed by atoms with E-state index in [1.807, 2.05) is 27.6 Å². The van der Waals surface area contributed by atoms with Gasteiger partial charge in [-0.2, -0.15) is 0 Å². The number of nitrogens with zero attached hydrogens (tertiary/aromatic N) is 6. The van der Waals surface area contributed by atoms with Crippen molar-refractivity contribution in [1.82, 2.24) is 29.8 Å². The Labute approximate surface area is 299 Å². The Morgan fingerprint density at radius 1 is 0.840 bits per heavy atom. The highest BCUT2D eigenvalue weighted by Gasteiger charge is 2.41. The van der Waals surface area contributed by atoms with Crippen LogP contribution in [0.15, 0.2) is 115 Å². The maximum Gasteiger partial charge on any atom is 0.175 e. The number of rotatable bonds is 14.